The van der Waals surface area contributed by atoms with Gasteiger partial charge in [0.2, 0.25) is 0 Å². The van der Waals surface area contributed by atoms with Crippen LogP contribution in [0.2, 0.25) is 0 Å². The zero-order chi connectivity index (χ0) is 15.8. The van der Waals surface area contributed by atoms with Gasteiger partial charge in [-0.2, -0.15) is 0 Å². The van der Waals surface area contributed by atoms with Crippen molar-refractivity contribution >= 4 is 11.8 Å². The average Bonchev–Trinajstić information content (AvgIpc) is 2.87. The normalized spacial score (nSPS) is 20.3. The Hall–Kier alpha value is -2.06. The Kier molecular flexibility index (Phi) is 3.70. The lowest BCUT2D eigenvalue weighted by Crippen LogP contribution is -2.28. The summed E-state index contributed by atoms with van der Waals surface area (Å²) in [4.78, 5) is 2.60. The molecule has 2 heterocycles. The van der Waals surface area contributed by atoms with Gasteiger partial charge < -0.3 is 5.32 Å². The number of hydrogen-bond acceptors (Lipinski definition) is 2. The van der Waals surface area contributed by atoms with E-state index in [0.29, 0.717) is 5.92 Å². The predicted octanol–water partition coefficient (Wildman–Crippen LogP) is 1.93. The van der Waals surface area contributed by atoms with Crippen LogP contribution in [0.25, 0.3) is 11.8 Å². The molecule has 2 heteroatoms. The molecule has 0 spiro atoms. The number of benzene rings is 2. The maximum atomic E-state index is 3.51. The number of nitrogens with one attached hydrogen (secondary N) is 1. The molecule has 2 aliphatic heterocycles. The van der Waals surface area contributed by atoms with Crippen LogP contribution in [0.4, 0.5) is 0 Å². The quantitative estimate of drug-likeness (QED) is 0.912. The van der Waals surface area contributed by atoms with Crippen molar-refractivity contribution in [3.8, 4) is 0 Å². The van der Waals surface area contributed by atoms with Crippen LogP contribution < -0.4 is 15.8 Å². The second-order valence-electron chi connectivity index (χ2n) is 6.89. The summed E-state index contributed by atoms with van der Waals surface area (Å²) >= 11 is 0. The van der Waals surface area contributed by atoms with E-state index in [-0.39, 0.29) is 0 Å². The molecule has 1 fully saturated rings. The summed E-state index contributed by atoms with van der Waals surface area (Å²) in [6.07, 6.45) is 2.18. The fraction of sp³-hybridized carbons (Fsp3) is 0.333. The van der Waals surface area contributed by atoms with E-state index in [4.69, 9.17) is 0 Å². The smallest absolute Gasteiger partial charge is 0.0240 e. The molecule has 0 amide bonds. The van der Waals surface area contributed by atoms with Crippen molar-refractivity contribution in [2.45, 2.75) is 20.4 Å². The molecular weight excluding hydrogens is 280 g/mol. The molecule has 0 radical (unpaired) electrons. The third-order valence-electron chi connectivity index (χ3n) is 5.40. The van der Waals surface area contributed by atoms with Crippen molar-refractivity contribution in [2.24, 2.45) is 5.92 Å². The lowest BCUT2D eigenvalue weighted by molar-refractivity contribution is 0.317. The van der Waals surface area contributed by atoms with Crippen molar-refractivity contribution in [2.75, 3.05) is 19.6 Å². The SMILES string of the molecule is Cc1cccc(CN2CC3=c4ccccc4=CNC[C@H]3C2)c1C. The number of hydrogen-bond donors (Lipinski definition) is 1. The maximum absolute atomic E-state index is 3.51. The third-order valence-corrected chi connectivity index (χ3v) is 5.40. The van der Waals surface area contributed by atoms with Crippen molar-refractivity contribution in [1.82, 2.24) is 10.2 Å². The van der Waals surface area contributed by atoms with Crippen LogP contribution in [0.1, 0.15) is 16.7 Å². The van der Waals surface area contributed by atoms with Gasteiger partial charge in [0.15, 0.2) is 0 Å². The summed E-state index contributed by atoms with van der Waals surface area (Å²) in [5, 5.41) is 6.28. The first-order chi connectivity index (χ1) is 11.2. The minimum absolute atomic E-state index is 0.625. The highest BCUT2D eigenvalue weighted by Gasteiger charge is 2.28. The van der Waals surface area contributed by atoms with Gasteiger partial charge in [0.25, 0.3) is 0 Å². The molecule has 118 valence electrons. The van der Waals surface area contributed by atoms with Gasteiger partial charge >= 0.3 is 0 Å². The van der Waals surface area contributed by atoms with Crippen LogP contribution >= 0.6 is 0 Å². The van der Waals surface area contributed by atoms with Crippen LogP contribution in [0, 0.1) is 19.8 Å². The Balaban J connectivity index is 1.67. The van der Waals surface area contributed by atoms with Gasteiger partial charge in [0.05, 0.1) is 0 Å². The minimum atomic E-state index is 0.625. The molecule has 4 rings (SSSR count). The summed E-state index contributed by atoms with van der Waals surface area (Å²) < 4.78 is 0. The average molecular weight is 304 g/mol. The number of aryl methyl sites for hydroxylation is 1. The Morgan fingerprint density at radius 1 is 1.09 bits per heavy atom. The van der Waals surface area contributed by atoms with Crippen LogP contribution in [0.3, 0.4) is 0 Å². The Morgan fingerprint density at radius 2 is 1.96 bits per heavy atom. The molecule has 0 saturated carbocycles. The molecule has 23 heavy (non-hydrogen) atoms. The first-order valence-electron chi connectivity index (χ1n) is 8.51. The molecule has 0 unspecified atom stereocenters. The van der Waals surface area contributed by atoms with E-state index in [1.165, 1.54) is 27.1 Å². The van der Waals surface area contributed by atoms with E-state index < -0.39 is 0 Å². The standard InChI is InChI=1S/C21H24N2/c1-15-6-5-8-18(16(15)2)12-23-13-19-11-22-10-17-7-3-4-9-20(17)21(19)14-23/h3-10,19,22H,11-14H2,1-2H3/t19-/m0/s1. The zero-order valence-electron chi connectivity index (χ0n) is 14.0. The van der Waals surface area contributed by atoms with E-state index in [1.54, 1.807) is 5.57 Å². The van der Waals surface area contributed by atoms with E-state index in [0.717, 1.165) is 26.2 Å². The molecular formula is C21H24N2. The van der Waals surface area contributed by atoms with E-state index in [9.17, 15) is 0 Å². The maximum Gasteiger partial charge on any atom is 0.0240 e. The van der Waals surface area contributed by atoms with Gasteiger partial charge in [-0.1, -0.05) is 42.5 Å². The largest absolute Gasteiger partial charge is 0.390 e. The van der Waals surface area contributed by atoms with Gasteiger partial charge in [0, 0.05) is 38.3 Å². The van der Waals surface area contributed by atoms with Crippen molar-refractivity contribution in [3.05, 3.63) is 69.6 Å². The third kappa shape index (κ3) is 2.68. The topological polar surface area (TPSA) is 15.3 Å². The van der Waals surface area contributed by atoms with Gasteiger partial charge in [-0.25, -0.2) is 0 Å². The van der Waals surface area contributed by atoms with Crippen molar-refractivity contribution in [1.29, 1.82) is 0 Å². The number of fused-ring (bicyclic) bond motifs is 2. The summed E-state index contributed by atoms with van der Waals surface area (Å²) in [6.45, 7) is 8.80. The first-order valence-corrected chi connectivity index (χ1v) is 8.51. The summed E-state index contributed by atoms with van der Waals surface area (Å²) in [7, 11) is 0. The highest BCUT2D eigenvalue weighted by Crippen LogP contribution is 2.25. The van der Waals surface area contributed by atoms with Crippen LogP contribution in [0.15, 0.2) is 42.5 Å². The van der Waals surface area contributed by atoms with Crippen molar-refractivity contribution < 1.29 is 0 Å². The fourth-order valence-electron chi connectivity index (χ4n) is 3.92. The molecule has 1 N–H and O–H groups in total. The molecule has 2 aliphatic rings. The molecule has 2 nitrogen and oxygen atoms in total. The molecule has 0 aliphatic carbocycles. The van der Waals surface area contributed by atoms with E-state index in [2.05, 4.69) is 72.7 Å². The van der Waals surface area contributed by atoms with Crippen LogP contribution in [-0.4, -0.2) is 24.5 Å². The molecule has 2 aromatic carbocycles. The lowest BCUT2D eigenvalue weighted by Gasteiger charge is -2.18. The molecule has 0 aromatic heterocycles. The Bertz CT molecular complexity index is 850. The van der Waals surface area contributed by atoms with Gasteiger partial charge in [0.1, 0.15) is 0 Å². The first kappa shape index (κ1) is 14.5. The Labute approximate surface area is 138 Å². The molecule has 1 atom stereocenters. The molecule has 0 bridgehead atoms. The highest BCUT2D eigenvalue weighted by atomic mass is 15.2. The van der Waals surface area contributed by atoms with E-state index >= 15 is 0 Å². The number of nitrogens with zero attached hydrogens (tertiary/aromatic N) is 1. The van der Waals surface area contributed by atoms with Crippen LogP contribution in [0.5, 0.6) is 0 Å². The van der Waals surface area contributed by atoms with Gasteiger partial charge in [-0.3, -0.25) is 4.90 Å². The van der Waals surface area contributed by atoms with Gasteiger partial charge in [-0.05, 0) is 46.5 Å². The summed E-state index contributed by atoms with van der Waals surface area (Å²) in [5.74, 6) is 0.625. The van der Waals surface area contributed by atoms with Crippen molar-refractivity contribution in [3.63, 3.8) is 0 Å². The fourth-order valence-corrected chi connectivity index (χ4v) is 3.92. The lowest BCUT2D eigenvalue weighted by atomic mass is 10.0. The van der Waals surface area contributed by atoms with Crippen LogP contribution in [-0.2, 0) is 6.54 Å². The highest BCUT2D eigenvalue weighted by molar-refractivity contribution is 5.55. The molecule has 1 saturated heterocycles. The molecule has 2 aromatic rings. The second-order valence-corrected chi connectivity index (χ2v) is 6.89. The second kappa shape index (κ2) is 5.86. The summed E-state index contributed by atoms with van der Waals surface area (Å²) in [5.41, 5.74) is 5.91. The predicted molar refractivity (Wildman–Crippen MR) is 96.3 cm³/mol. The monoisotopic (exact) mass is 304 g/mol. The number of likely N-dealkylation sites (tertiary alicyclic amines) is 1. The minimum Gasteiger partial charge on any atom is -0.390 e. The van der Waals surface area contributed by atoms with E-state index in [1.807, 2.05) is 0 Å². The number of rotatable bonds is 2. The Morgan fingerprint density at radius 3 is 2.87 bits per heavy atom. The summed E-state index contributed by atoms with van der Waals surface area (Å²) in [6, 6.07) is 15.5. The zero-order valence-corrected chi connectivity index (χ0v) is 14.0. The van der Waals surface area contributed by atoms with Gasteiger partial charge in [-0.15, -0.1) is 0 Å².